The zero-order chi connectivity index (χ0) is 24.0. The van der Waals surface area contributed by atoms with Crippen LogP contribution in [0.1, 0.15) is 29.8 Å². The SMILES string of the molecule is CCNC(=O)N1CCOc2cc(Oc3ccnn4cc(C(=O)N5C[C@H](O)[C@@H]5C)c(C)c34)ccc21. The fourth-order valence-corrected chi connectivity index (χ4v) is 4.38. The van der Waals surface area contributed by atoms with Crippen molar-refractivity contribution in [2.75, 3.05) is 31.1 Å². The van der Waals surface area contributed by atoms with Gasteiger partial charge in [-0.1, -0.05) is 0 Å². The second-order valence-corrected chi connectivity index (χ2v) is 8.49. The number of carbonyl (C=O) groups excluding carboxylic acids is 2. The molecule has 4 heterocycles. The Morgan fingerprint density at radius 1 is 1.32 bits per heavy atom. The van der Waals surface area contributed by atoms with E-state index >= 15 is 0 Å². The number of aliphatic hydroxyl groups is 1. The predicted molar refractivity (Wildman–Crippen MR) is 125 cm³/mol. The second kappa shape index (κ2) is 8.53. The van der Waals surface area contributed by atoms with Gasteiger partial charge in [0.2, 0.25) is 0 Å². The molecule has 2 N–H and O–H groups in total. The molecule has 2 aliphatic rings. The highest BCUT2D eigenvalue weighted by molar-refractivity contribution is 5.99. The predicted octanol–water partition coefficient (Wildman–Crippen LogP) is 2.57. The molecule has 2 aliphatic heterocycles. The first-order valence-electron chi connectivity index (χ1n) is 11.3. The van der Waals surface area contributed by atoms with Crippen LogP contribution in [0.3, 0.4) is 0 Å². The number of aryl methyl sites for hydroxylation is 1. The Morgan fingerprint density at radius 2 is 2.15 bits per heavy atom. The van der Waals surface area contributed by atoms with Crippen LogP contribution >= 0.6 is 0 Å². The van der Waals surface area contributed by atoms with Crippen molar-refractivity contribution in [2.45, 2.75) is 32.9 Å². The standard InChI is InChI=1S/C24H27N5O5/c1-4-25-24(32)27-9-10-33-21-11-16(5-6-18(21)27)34-20-7-8-26-29-12-17(14(2)22(20)29)23(31)28-13-19(30)15(28)3/h5-8,11-12,15,19,30H,4,9-10,13H2,1-3H3,(H,25,32)/t15-,19-/m0/s1. The summed E-state index contributed by atoms with van der Waals surface area (Å²) in [6.07, 6.45) is 2.81. The Kier molecular flexibility index (Phi) is 5.52. The van der Waals surface area contributed by atoms with Crippen LogP contribution in [0.5, 0.6) is 17.2 Å². The van der Waals surface area contributed by atoms with E-state index in [9.17, 15) is 14.7 Å². The van der Waals surface area contributed by atoms with E-state index in [0.29, 0.717) is 60.3 Å². The first-order chi connectivity index (χ1) is 16.4. The minimum Gasteiger partial charge on any atom is -0.489 e. The molecule has 0 radical (unpaired) electrons. The van der Waals surface area contributed by atoms with Crippen LogP contribution in [0.25, 0.3) is 5.52 Å². The first kappa shape index (κ1) is 22.0. The number of anilines is 1. The number of fused-ring (bicyclic) bond motifs is 2. The van der Waals surface area contributed by atoms with Gasteiger partial charge >= 0.3 is 6.03 Å². The molecule has 0 bridgehead atoms. The number of likely N-dealkylation sites (tertiary alicyclic amines) is 1. The van der Waals surface area contributed by atoms with Crippen LogP contribution in [-0.4, -0.2) is 69.9 Å². The molecule has 34 heavy (non-hydrogen) atoms. The van der Waals surface area contributed by atoms with Gasteiger partial charge in [0.05, 0.1) is 36.1 Å². The summed E-state index contributed by atoms with van der Waals surface area (Å²) in [6.45, 7) is 7.29. The topological polar surface area (TPSA) is 109 Å². The summed E-state index contributed by atoms with van der Waals surface area (Å²) in [6, 6.07) is 6.70. The third-order valence-electron chi connectivity index (χ3n) is 6.41. The van der Waals surface area contributed by atoms with Crippen LogP contribution in [0.4, 0.5) is 10.5 Å². The van der Waals surface area contributed by atoms with Crippen molar-refractivity contribution < 1.29 is 24.2 Å². The lowest BCUT2D eigenvalue weighted by Gasteiger charge is -2.43. The second-order valence-electron chi connectivity index (χ2n) is 8.49. The summed E-state index contributed by atoms with van der Waals surface area (Å²) in [5.41, 5.74) is 2.64. The van der Waals surface area contributed by atoms with Gasteiger partial charge in [-0.3, -0.25) is 9.69 Å². The van der Waals surface area contributed by atoms with Crippen LogP contribution in [-0.2, 0) is 0 Å². The number of ether oxygens (including phenoxy) is 2. The molecule has 2 aromatic heterocycles. The maximum Gasteiger partial charge on any atom is 0.322 e. The van der Waals surface area contributed by atoms with Crippen molar-refractivity contribution in [1.82, 2.24) is 19.8 Å². The summed E-state index contributed by atoms with van der Waals surface area (Å²) in [5.74, 6) is 1.50. The number of rotatable bonds is 4. The van der Waals surface area contributed by atoms with Gasteiger partial charge in [-0.15, -0.1) is 0 Å². The van der Waals surface area contributed by atoms with Gasteiger partial charge < -0.3 is 24.8 Å². The van der Waals surface area contributed by atoms with Gasteiger partial charge in [-0.05, 0) is 38.5 Å². The number of carbonyl (C=O) groups is 2. The molecule has 2 atom stereocenters. The van der Waals surface area contributed by atoms with E-state index in [4.69, 9.17) is 9.47 Å². The number of β-amino-alcohol motifs (C(OH)–C–C–N with tert-alkyl or cyclic N) is 1. The van der Waals surface area contributed by atoms with Gasteiger partial charge in [0.25, 0.3) is 5.91 Å². The van der Waals surface area contributed by atoms with E-state index in [0.717, 1.165) is 5.56 Å². The average molecular weight is 466 g/mol. The average Bonchev–Trinajstić information content (AvgIpc) is 3.18. The number of nitrogens with zero attached hydrogens (tertiary/aromatic N) is 4. The Labute approximate surface area is 196 Å². The van der Waals surface area contributed by atoms with E-state index in [-0.39, 0.29) is 18.0 Å². The van der Waals surface area contributed by atoms with Crippen molar-refractivity contribution in [2.24, 2.45) is 0 Å². The molecular formula is C24H27N5O5. The summed E-state index contributed by atoms with van der Waals surface area (Å²) >= 11 is 0. The summed E-state index contributed by atoms with van der Waals surface area (Å²) < 4.78 is 13.6. The zero-order valence-corrected chi connectivity index (χ0v) is 19.3. The molecule has 0 saturated carbocycles. The molecule has 5 rings (SSSR count). The summed E-state index contributed by atoms with van der Waals surface area (Å²) in [5, 5.41) is 16.9. The number of amides is 3. The molecule has 10 nitrogen and oxygen atoms in total. The van der Waals surface area contributed by atoms with Gasteiger partial charge in [0, 0.05) is 31.4 Å². The lowest BCUT2D eigenvalue weighted by atomic mass is 9.99. The van der Waals surface area contributed by atoms with E-state index in [1.165, 1.54) is 0 Å². The minimum absolute atomic E-state index is 0.139. The van der Waals surface area contributed by atoms with E-state index in [2.05, 4.69) is 10.4 Å². The van der Waals surface area contributed by atoms with E-state index in [1.54, 1.807) is 51.0 Å². The number of benzene rings is 1. The van der Waals surface area contributed by atoms with E-state index < -0.39 is 6.10 Å². The quantitative estimate of drug-likeness (QED) is 0.613. The molecule has 178 valence electrons. The monoisotopic (exact) mass is 465 g/mol. The Hall–Kier alpha value is -3.79. The molecule has 10 heteroatoms. The van der Waals surface area contributed by atoms with Crippen molar-refractivity contribution >= 4 is 23.1 Å². The highest BCUT2D eigenvalue weighted by Gasteiger charge is 2.38. The van der Waals surface area contributed by atoms with Crippen molar-refractivity contribution in [3.8, 4) is 17.2 Å². The van der Waals surface area contributed by atoms with Crippen LogP contribution < -0.4 is 19.7 Å². The number of nitrogens with one attached hydrogen (secondary N) is 1. The van der Waals surface area contributed by atoms with Crippen LogP contribution in [0, 0.1) is 6.92 Å². The maximum atomic E-state index is 13.0. The molecule has 0 aliphatic carbocycles. The fraction of sp³-hybridized carbons (Fsp3) is 0.375. The molecule has 1 fully saturated rings. The van der Waals surface area contributed by atoms with Crippen molar-refractivity contribution in [1.29, 1.82) is 0 Å². The van der Waals surface area contributed by atoms with Crippen molar-refractivity contribution in [3.63, 3.8) is 0 Å². The molecule has 3 amide bonds. The highest BCUT2D eigenvalue weighted by Crippen LogP contribution is 2.38. The van der Waals surface area contributed by atoms with Gasteiger partial charge in [0.15, 0.2) is 5.75 Å². The number of hydrogen-bond acceptors (Lipinski definition) is 6. The van der Waals surface area contributed by atoms with Crippen LogP contribution in [0.2, 0.25) is 0 Å². The maximum absolute atomic E-state index is 13.0. The third kappa shape index (κ3) is 3.60. The summed E-state index contributed by atoms with van der Waals surface area (Å²) in [7, 11) is 0. The molecular weight excluding hydrogens is 438 g/mol. The number of aliphatic hydroxyl groups excluding tert-OH is 1. The van der Waals surface area contributed by atoms with Gasteiger partial charge in [-0.2, -0.15) is 5.10 Å². The third-order valence-corrected chi connectivity index (χ3v) is 6.41. The first-order valence-corrected chi connectivity index (χ1v) is 11.3. The molecule has 0 unspecified atom stereocenters. The van der Waals surface area contributed by atoms with Crippen LogP contribution in [0.15, 0.2) is 36.7 Å². The Bertz CT molecular complexity index is 1270. The number of hydrogen-bond donors (Lipinski definition) is 2. The van der Waals surface area contributed by atoms with Gasteiger partial charge in [0.1, 0.15) is 23.6 Å². The zero-order valence-electron chi connectivity index (χ0n) is 19.3. The Morgan fingerprint density at radius 3 is 2.88 bits per heavy atom. The minimum atomic E-state index is -0.492. The smallest absolute Gasteiger partial charge is 0.322 e. The van der Waals surface area contributed by atoms with E-state index in [1.807, 2.05) is 20.8 Å². The summed E-state index contributed by atoms with van der Waals surface area (Å²) in [4.78, 5) is 28.7. The normalized spacial score (nSPS) is 19.3. The van der Waals surface area contributed by atoms with Gasteiger partial charge in [-0.25, -0.2) is 9.31 Å². The fourth-order valence-electron chi connectivity index (χ4n) is 4.38. The molecule has 1 aromatic carbocycles. The Balaban J connectivity index is 1.44. The molecule has 3 aromatic rings. The lowest BCUT2D eigenvalue weighted by molar-refractivity contribution is -0.0357. The highest BCUT2D eigenvalue weighted by atomic mass is 16.5. The number of urea groups is 1. The number of aromatic nitrogens is 2. The van der Waals surface area contributed by atoms with Crippen molar-refractivity contribution in [3.05, 3.63) is 47.8 Å². The molecule has 0 spiro atoms. The largest absolute Gasteiger partial charge is 0.489 e. The lowest BCUT2D eigenvalue weighted by Crippen LogP contribution is -2.60. The molecule has 1 saturated heterocycles.